The van der Waals surface area contributed by atoms with E-state index in [2.05, 4.69) is 40.2 Å². The lowest BCUT2D eigenvalue weighted by molar-refractivity contribution is -0.0629. The fraction of sp³-hybridized carbons (Fsp3) is 0.667. The molecule has 1 unspecified atom stereocenters. The number of hydrogen-bond acceptors (Lipinski definition) is 2. The first-order valence-corrected chi connectivity index (χ1v) is 10.0. The molecule has 4 aliphatic rings. The van der Waals surface area contributed by atoms with Crippen LogP contribution in [0, 0.1) is 23.2 Å². The summed E-state index contributed by atoms with van der Waals surface area (Å²) in [6.45, 7) is 0. The molecule has 0 amide bonds. The average Bonchev–Trinajstić information content (AvgIpc) is 2.43. The van der Waals surface area contributed by atoms with Crippen molar-refractivity contribution in [1.29, 1.82) is 0 Å². The van der Waals surface area contributed by atoms with Gasteiger partial charge in [-0.05, 0) is 79.9 Å². The van der Waals surface area contributed by atoms with E-state index in [4.69, 9.17) is 5.73 Å². The van der Waals surface area contributed by atoms with Gasteiger partial charge >= 0.3 is 0 Å². The van der Waals surface area contributed by atoms with E-state index < -0.39 is 0 Å². The molecule has 0 saturated heterocycles. The van der Waals surface area contributed by atoms with Crippen molar-refractivity contribution in [3.63, 3.8) is 0 Å². The number of rotatable bonds is 4. The summed E-state index contributed by atoms with van der Waals surface area (Å²) in [5, 5.41) is 0. The van der Waals surface area contributed by atoms with Crippen LogP contribution in [0.4, 0.5) is 0 Å². The molecule has 0 aromatic heterocycles. The van der Waals surface area contributed by atoms with E-state index in [-0.39, 0.29) is 0 Å². The molecule has 2 N–H and O–H groups in total. The fourth-order valence-corrected chi connectivity index (χ4v) is 7.21. The van der Waals surface area contributed by atoms with Crippen LogP contribution >= 0.6 is 27.7 Å². The van der Waals surface area contributed by atoms with Gasteiger partial charge in [0.05, 0.1) is 0 Å². The Balaban J connectivity index is 1.44. The summed E-state index contributed by atoms with van der Waals surface area (Å²) in [6.07, 6.45) is 8.76. The van der Waals surface area contributed by atoms with Gasteiger partial charge in [0.25, 0.3) is 0 Å². The van der Waals surface area contributed by atoms with Gasteiger partial charge in [-0.15, -0.1) is 11.8 Å². The molecule has 4 aliphatic carbocycles. The van der Waals surface area contributed by atoms with Gasteiger partial charge in [-0.1, -0.05) is 22.0 Å². The van der Waals surface area contributed by atoms with Crippen LogP contribution in [-0.2, 0) is 0 Å². The lowest BCUT2D eigenvalue weighted by Crippen LogP contribution is -2.55. The van der Waals surface area contributed by atoms with Crippen LogP contribution in [0.2, 0.25) is 0 Å². The van der Waals surface area contributed by atoms with Crippen molar-refractivity contribution in [2.24, 2.45) is 28.9 Å². The molecule has 0 radical (unpaired) electrons. The molecular formula is C18H24BrNS. The van der Waals surface area contributed by atoms with Crippen molar-refractivity contribution in [3.8, 4) is 0 Å². The summed E-state index contributed by atoms with van der Waals surface area (Å²) in [7, 11) is 0. The summed E-state index contributed by atoms with van der Waals surface area (Å²) in [5.41, 5.74) is 7.21. The van der Waals surface area contributed by atoms with Crippen molar-refractivity contribution in [2.45, 2.75) is 49.5 Å². The SMILES string of the molecule is NC(CSc1cccc(Br)c1)C12CC3CC(CC(C3)C1)C2. The van der Waals surface area contributed by atoms with Crippen molar-refractivity contribution >= 4 is 27.7 Å². The topological polar surface area (TPSA) is 26.0 Å². The van der Waals surface area contributed by atoms with Crippen LogP contribution in [0.25, 0.3) is 0 Å². The van der Waals surface area contributed by atoms with Crippen molar-refractivity contribution in [1.82, 2.24) is 0 Å². The summed E-state index contributed by atoms with van der Waals surface area (Å²) in [6, 6.07) is 8.97. The quantitative estimate of drug-likeness (QED) is 0.752. The molecule has 1 atom stereocenters. The van der Waals surface area contributed by atoms with Crippen LogP contribution in [0.15, 0.2) is 33.6 Å². The molecule has 5 rings (SSSR count). The summed E-state index contributed by atoms with van der Waals surface area (Å²) in [5.74, 6) is 4.07. The minimum absolute atomic E-state index is 0.370. The number of thioether (sulfide) groups is 1. The van der Waals surface area contributed by atoms with Gasteiger partial charge in [0.1, 0.15) is 0 Å². The Bertz CT molecular complexity index is 494. The van der Waals surface area contributed by atoms with E-state index in [0.717, 1.165) is 28.0 Å². The summed E-state index contributed by atoms with van der Waals surface area (Å²) in [4.78, 5) is 1.34. The van der Waals surface area contributed by atoms with Gasteiger partial charge < -0.3 is 5.73 Å². The van der Waals surface area contributed by atoms with Crippen molar-refractivity contribution in [2.75, 3.05) is 5.75 Å². The van der Waals surface area contributed by atoms with E-state index >= 15 is 0 Å². The molecule has 114 valence electrons. The normalized spacial score (nSPS) is 38.7. The molecule has 3 heteroatoms. The number of nitrogens with two attached hydrogens (primary N) is 1. The maximum atomic E-state index is 6.73. The molecule has 0 spiro atoms. The molecule has 0 heterocycles. The molecule has 1 aromatic carbocycles. The summed E-state index contributed by atoms with van der Waals surface area (Å²) < 4.78 is 1.16. The second-order valence-corrected chi connectivity index (χ2v) is 9.66. The van der Waals surface area contributed by atoms with Crippen LogP contribution in [-0.4, -0.2) is 11.8 Å². The molecule has 21 heavy (non-hydrogen) atoms. The molecular weight excluding hydrogens is 342 g/mol. The predicted molar refractivity (Wildman–Crippen MR) is 93.4 cm³/mol. The Morgan fingerprint density at radius 3 is 2.33 bits per heavy atom. The number of benzene rings is 1. The lowest BCUT2D eigenvalue weighted by atomic mass is 9.48. The molecule has 4 fully saturated rings. The zero-order valence-corrected chi connectivity index (χ0v) is 14.8. The largest absolute Gasteiger partial charge is 0.326 e. The highest BCUT2D eigenvalue weighted by Crippen LogP contribution is 2.61. The zero-order chi connectivity index (χ0) is 14.4. The second-order valence-electron chi connectivity index (χ2n) is 7.65. The highest BCUT2D eigenvalue weighted by molar-refractivity contribution is 9.10. The van der Waals surface area contributed by atoms with Crippen molar-refractivity contribution < 1.29 is 0 Å². The minimum atomic E-state index is 0.370. The number of halogens is 1. The molecule has 1 aromatic rings. The van der Waals surface area contributed by atoms with Crippen LogP contribution in [0.1, 0.15) is 38.5 Å². The smallest absolute Gasteiger partial charge is 0.0191 e. The monoisotopic (exact) mass is 365 g/mol. The summed E-state index contributed by atoms with van der Waals surface area (Å²) >= 11 is 5.49. The van der Waals surface area contributed by atoms with E-state index in [1.54, 1.807) is 0 Å². The number of hydrogen-bond donors (Lipinski definition) is 1. The highest BCUT2D eigenvalue weighted by Gasteiger charge is 2.53. The third-order valence-electron chi connectivity index (χ3n) is 6.10. The average molecular weight is 366 g/mol. The maximum absolute atomic E-state index is 6.73. The Kier molecular flexibility index (Phi) is 3.88. The van der Waals surface area contributed by atoms with E-state index in [1.807, 2.05) is 11.8 Å². The Hall–Kier alpha value is 0.01000. The van der Waals surface area contributed by atoms with Gasteiger partial charge in [-0.2, -0.15) is 0 Å². The zero-order valence-electron chi connectivity index (χ0n) is 12.4. The third-order valence-corrected chi connectivity index (χ3v) is 7.70. The molecule has 1 nitrogen and oxygen atoms in total. The Morgan fingerprint density at radius 2 is 1.76 bits per heavy atom. The van der Waals surface area contributed by atoms with Crippen LogP contribution < -0.4 is 5.73 Å². The molecule has 4 bridgehead atoms. The lowest BCUT2D eigenvalue weighted by Gasteiger charge is -2.59. The van der Waals surface area contributed by atoms with Gasteiger partial charge in [0.15, 0.2) is 0 Å². The first-order chi connectivity index (χ1) is 10.1. The first kappa shape index (κ1) is 14.6. The molecule has 0 aliphatic heterocycles. The fourth-order valence-electron chi connectivity index (χ4n) is 5.55. The maximum Gasteiger partial charge on any atom is 0.0191 e. The van der Waals surface area contributed by atoms with Crippen LogP contribution in [0.5, 0.6) is 0 Å². The Morgan fingerprint density at radius 1 is 1.14 bits per heavy atom. The third kappa shape index (κ3) is 2.82. The van der Waals surface area contributed by atoms with Gasteiger partial charge in [-0.3, -0.25) is 0 Å². The van der Waals surface area contributed by atoms with E-state index in [0.29, 0.717) is 11.5 Å². The minimum Gasteiger partial charge on any atom is -0.326 e. The van der Waals surface area contributed by atoms with E-state index in [9.17, 15) is 0 Å². The van der Waals surface area contributed by atoms with Crippen molar-refractivity contribution in [3.05, 3.63) is 28.7 Å². The van der Waals surface area contributed by atoms with Gasteiger partial charge in [0.2, 0.25) is 0 Å². The first-order valence-electron chi connectivity index (χ1n) is 8.27. The molecule has 4 saturated carbocycles. The van der Waals surface area contributed by atoms with E-state index in [1.165, 1.54) is 43.4 Å². The second kappa shape index (κ2) is 5.58. The van der Waals surface area contributed by atoms with Gasteiger partial charge in [-0.25, -0.2) is 0 Å². The highest BCUT2D eigenvalue weighted by atomic mass is 79.9. The Labute approximate surface area is 140 Å². The standard InChI is InChI=1S/C18H24BrNS/c19-15-2-1-3-16(7-15)21-11-17(20)18-8-12-4-13(9-18)6-14(5-12)10-18/h1-3,7,12-14,17H,4-6,8-11,20H2. The van der Waals surface area contributed by atoms with Crippen LogP contribution in [0.3, 0.4) is 0 Å². The van der Waals surface area contributed by atoms with Gasteiger partial charge in [0, 0.05) is 21.2 Å². The predicted octanol–water partition coefficient (Wildman–Crippen LogP) is 5.08.